The third-order valence-corrected chi connectivity index (χ3v) is 5.19. The van der Waals surface area contributed by atoms with E-state index >= 15 is 0 Å². The fourth-order valence-corrected chi connectivity index (χ4v) is 3.70. The van der Waals surface area contributed by atoms with Crippen LogP contribution in [0, 0.1) is 23.3 Å². The van der Waals surface area contributed by atoms with Gasteiger partial charge in [0.25, 0.3) is 11.8 Å². The summed E-state index contributed by atoms with van der Waals surface area (Å²) < 4.78 is 107. The lowest BCUT2D eigenvalue weighted by Crippen LogP contribution is -2.25. The maximum absolute atomic E-state index is 15.0. The molecule has 0 fully saturated rings. The molecule has 0 spiro atoms. The van der Waals surface area contributed by atoms with Gasteiger partial charge in [-0.05, 0) is 17.7 Å². The van der Waals surface area contributed by atoms with Gasteiger partial charge in [-0.25, -0.2) is 28.0 Å². The van der Waals surface area contributed by atoms with Gasteiger partial charge in [0.05, 0.1) is 27.9 Å². The van der Waals surface area contributed by atoms with Crippen molar-refractivity contribution in [2.75, 3.05) is 24.7 Å². The Labute approximate surface area is 207 Å². The largest absolute Gasteiger partial charge is 0.497 e. The Bertz CT molecular complexity index is 1500. The minimum atomic E-state index is -3.11. The quantitative estimate of drug-likeness (QED) is 0.248. The highest BCUT2D eigenvalue weighted by Gasteiger charge is 2.30. The molecule has 0 aliphatic carbocycles. The van der Waals surface area contributed by atoms with E-state index in [-0.39, 0.29) is 5.13 Å². The molecule has 0 radical (unpaired) electrons. The maximum Gasteiger partial charge on any atom is 0.287 e. The number of thiazole rings is 1. The number of amides is 3. The van der Waals surface area contributed by atoms with Crippen molar-refractivity contribution in [1.29, 1.82) is 0 Å². The zero-order valence-electron chi connectivity index (χ0n) is 23.2. The van der Waals surface area contributed by atoms with E-state index in [9.17, 15) is 31.9 Å². The third kappa shape index (κ3) is 5.22. The molecule has 3 amide bonds. The van der Waals surface area contributed by atoms with Crippen LogP contribution in [0.4, 0.5) is 28.4 Å². The predicted octanol–water partition coefficient (Wildman–Crippen LogP) is 3.88. The molecule has 0 saturated heterocycles. The number of anilines is 2. The Hall–Kier alpha value is -4.04. The van der Waals surface area contributed by atoms with Crippen LogP contribution in [0.2, 0.25) is 0 Å². The van der Waals surface area contributed by atoms with E-state index in [4.69, 9.17) is 8.22 Å². The number of benzene rings is 2. The van der Waals surface area contributed by atoms with E-state index in [1.807, 2.05) is 0 Å². The summed E-state index contributed by atoms with van der Waals surface area (Å²) in [5.74, 6) is -12.2. The molecule has 0 atom stereocenters. The summed E-state index contributed by atoms with van der Waals surface area (Å²) in [6.07, 6.45) is 0. The number of aromatic nitrogens is 1. The van der Waals surface area contributed by atoms with Crippen LogP contribution >= 0.6 is 11.3 Å². The fraction of sp³-hybridized carbons (Fsp3) is 0.143. The van der Waals surface area contributed by atoms with E-state index in [0.29, 0.717) is 11.3 Å². The lowest BCUT2D eigenvalue weighted by Gasteiger charge is -2.13. The zero-order chi connectivity index (χ0) is 30.9. The van der Waals surface area contributed by atoms with Gasteiger partial charge in [-0.1, -0.05) is 23.5 Å². The molecule has 3 N–H and O–H groups in total. The highest BCUT2D eigenvalue weighted by Crippen LogP contribution is 2.36. The Balaban J connectivity index is 2.01. The smallest absolute Gasteiger partial charge is 0.287 e. The second-order valence-electron chi connectivity index (χ2n) is 6.50. The first-order chi connectivity index (χ1) is 18.9. The molecule has 0 unspecified atom stereocenters. The monoisotopic (exact) mass is 518 g/mol. The van der Waals surface area contributed by atoms with Crippen molar-refractivity contribution in [1.82, 2.24) is 10.5 Å². The van der Waals surface area contributed by atoms with Crippen molar-refractivity contribution < 1.29 is 49.7 Å². The van der Waals surface area contributed by atoms with E-state index in [2.05, 4.69) is 19.9 Å². The number of halogens is 4. The maximum atomic E-state index is 15.0. The van der Waals surface area contributed by atoms with Gasteiger partial charge in [-0.2, -0.15) is 0 Å². The summed E-state index contributed by atoms with van der Waals surface area (Å²) in [4.78, 5) is 43.7. The molecule has 0 aliphatic heterocycles. The molecular formula is C21H16F4N4O5S. The first-order valence-electron chi connectivity index (χ1n) is 12.1. The van der Waals surface area contributed by atoms with Crippen LogP contribution in [0.25, 0.3) is 11.1 Å². The summed E-state index contributed by atoms with van der Waals surface area (Å²) in [5.41, 5.74) is -2.80. The molecular weight excluding hydrogens is 496 g/mol. The van der Waals surface area contributed by atoms with Crippen molar-refractivity contribution in [3.05, 3.63) is 58.1 Å². The van der Waals surface area contributed by atoms with Crippen molar-refractivity contribution >= 4 is 39.9 Å². The van der Waals surface area contributed by atoms with Gasteiger partial charge in [0.1, 0.15) is 16.3 Å². The van der Waals surface area contributed by atoms with E-state index < -0.39 is 88.2 Å². The van der Waals surface area contributed by atoms with Crippen LogP contribution in [0.5, 0.6) is 5.75 Å². The number of hydrogen-bond donors (Lipinski definition) is 3. The van der Waals surface area contributed by atoms with Crippen molar-refractivity contribution in [2.45, 2.75) is 6.92 Å². The fourth-order valence-electron chi connectivity index (χ4n) is 2.81. The predicted molar refractivity (Wildman–Crippen MR) is 117 cm³/mol. The standard InChI is InChI=1S/C21H16F4N4O5S/c1-8(30)26-21-28-17(18(35-21)20(32)29-34-3)19(31)27-16-14(24)12(22)11(13(23)15(16)25)9-5-4-6-10(7-9)33-2/h4-7H,1-3H3,(H,27,31)(H,29,32)(H,26,28,30)/i2D3,3D3. The molecule has 1 heterocycles. The van der Waals surface area contributed by atoms with E-state index in [0.717, 1.165) is 31.2 Å². The van der Waals surface area contributed by atoms with Crippen LogP contribution < -0.4 is 20.9 Å². The first kappa shape index (κ1) is 18.3. The van der Waals surface area contributed by atoms with Gasteiger partial charge in [0.2, 0.25) is 5.91 Å². The van der Waals surface area contributed by atoms with Crippen molar-refractivity contribution in [3.63, 3.8) is 0 Å². The molecule has 3 rings (SSSR count). The Kier molecular flexibility index (Phi) is 5.48. The van der Waals surface area contributed by atoms with E-state index in [1.54, 1.807) is 5.32 Å². The molecule has 9 nitrogen and oxygen atoms in total. The number of nitrogens with zero attached hydrogens (tertiary/aromatic N) is 1. The summed E-state index contributed by atoms with van der Waals surface area (Å²) >= 11 is 0.338. The molecule has 0 saturated carbocycles. The molecule has 0 bridgehead atoms. The lowest BCUT2D eigenvalue weighted by molar-refractivity contribution is -0.114. The Morgan fingerprint density at radius 2 is 1.71 bits per heavy atom. The van der Waals surface area contributed by atoms with Crippen LogP contribution in [-0.2, 0) is 9.63 Å². The van der Waals surface area contributed by atoms with Crippen LogP contribution in [0.1, 0.15) is 35.3 Å². The first-order valence-corrected chi connectivity index (χ1v) is 9.93. The second kappa shape index (κ2) is 10.5. The lowest BCUT2D eigenvalue weighted by atomic mass is 10.0. The second-order valence-corrected chi connectivity index (χ2v) is 7.50. The van der Waals surface area contributed by atoms with E-state index in [1.165, 1.54) is 5.48 Å². The molecule has 1 aromatic heterocycles. The summed E-state index contributed by atoms with van der Waals surface area (Å²) in [6, 6.07) is 4.05. The topological polar surface area (TPSA) is 119 Å². The number of rotatable bonds is 7. The van der Waals surface area contributed by atoms with Crippen molar-refractivity contribution in [3.8, 4) is 16.9 Å². The van der Waals surface area contributed by atoms with Crippen LogP contribution in [0.3, 0.4) is 0 Å². The summed E-state index contributed by atoms with van der Waals surface area (Å²) in [5, 5.41) is 3.32. The Morgan fingerprint density at radius 1 is 1.00 bits per heavy atom. The van der Waals surface area contributed by atoms with Crippen molar-refractivity contribution in [2.24, 2.45) is 0 Å². The normalized spacial score (nSPS) is 13.9. The molecule has 35 heavy (non-hydrogen) atoms. The minimum Gasteiger partial charge on any atom is -0.497 e. The third-order valence-electron chi connectivity index (χ3n) is 4.22. The zero-order valence-corrected chi connectivity index (χ0v) is 18.0. The molecule has 184 valence electrons. The number of hydrogen-bond acceptors (Lipinski definition) is 7. The SMILES string of the molecule is [2H]C([2H])([2H])ONC(=O)c1sc(NC(C)=O)nc1C(=O)Nc1c(F)c(F)c(-c2cccc(OC([2H])([2H])[2H])c2)c(F)c1F. The molecule has 3 aromatic rings. The van der Waals surface area contributed by atoms with Gasteiger partial charge in [0, 0.05) is 6.92 Å². The highest BCUT2D eigenvalue weighted by molar-refractivity contribution is 7.18. The van der Waals surface area contributed by atoms with Gasteiger partial charge in [-0.15, -0.1) is 0 Å². The van der Waals surface area contributed by atoms with Gasteiger partial charge < -0.3 is 15.4 Å². The van der Waals surface area contributed by atoms with Crippen LogP contribution in [0.15, 0.2) is 24.3 Å². The van der Waals surface area contributed by atoms with Gasteiger partial charge in [0.15, 0.2) is 34.1 Å². The number of nitrogens with one attached hydrogen (secondary N) is 3. The van der Waals surface area contributed by atoms with Crippen LogP contribution in [-0.4, -0.2) is 36.8 Å². The number of carbonyl (C=O) groups is 3. The minimum absolute atomic E-state index is 0.338. The molecule has 2 aromatic carbocycles. The highest BCUT2D eigenvalue weighted by atomic mass is 32.1. The van der Waals surface area contributed by atoms with Gasteiger partial charge in [-0.3, -0.25) is 19.2 Å². The summed E-state index contributed by atoms with van der Waals surface area (Å²) in [6.45, 7) is 1.04. The number of ether oxygens (including phenoxy) is 1. The number of carbonyl (C=O) groups excluding carboxylic acids is 3. The Morgan fingerprint density at radius 3 is 2.34 bits per heavy atom. The average molecular weight is 518 g/mol. The molecule has 14 heteroatoms. The summed E-state index contributed by atoms with van der Waals surface area (Å²) in [7, 11) is -6.05. The number of methoxy groups -OCH3 is 1. The van der Waals surface area contributed by atoms with Gasteiger partial charge >= 0.3 is 0 Å². The average Bonchev–Trinajstić information content (AvgIpc) is 3.26. The molecule has 0 aliphatic rings. The number of hydroxylamine groups is 1.